The lowest BCUT2D eigenvalue weighted by Gasteiger charge is -2.05. The monoisotopic (exact) mass is 249 g/mol. The maximum Gasteiger partial charge on any atom is 0.229 e. The zero-order chi connectivity index (χ0) is 13.0. The molecule has 0 N–H and O–H groups in total. The van der Waals surface area contributed by atoms with Gasteiger partial charge in [-0.3, -0.25) is 9.48 Å². The van der Waals surface area contributed by atoms with Crippen LogP contribution in [0.3, 0.4) is 0 Å². The van der Waals surface area contributed by atoms with Gasteiger partial charge in [0.2, 0.25) is 5.78 Å². The van der Waals surface area contributed by atoms with Gasteiger partial charge in [0.25, 0.3) is 0 Å². The molecular formula is C12H12FN3O2. The van der Waals surface area contributed by atoms with E-state index in [4.69, 9.17) is 4.74 Å². The van der Waals surface area contributed by atoms with Crippen LogP contribution in [0.25, 0.3) is 0 Å². The molecule has 0 bridgehead atoms. The van der Waals surface area contributed by atoms with Crippen LogP contribution in [-0.2, 0) is 11.3 Å². The quantitative estimate of drug-likeness (QED) is 0.749. The Morgan fingerprint density at radius 2 is 2.28 bits per heavy atom. The molecule has 0 aromatic carbocycles. The lowest BCUT2D eigenvalue weighted by atomic mass is 10.2. The van der Waals surface area contributed by atoms with Gasteiger partial charge in [-0.1, -0.05) is 0 Å². The van der Waals surface area contributed by atoms with E-state index in [9.17, 15) is 9.18 Å². The number of carbonyl (C=O) groups excluding carboxylic acids is 1. The maximum atomic E-state index is 12.7. The third-order valence-corrected chi connectivity index (χ3v) is 2.42. The summed E-state index contributed by atoms with van der Waals surface area (Å²) in [5.41, 5.74) is 0.599. The first-order valence-corrected chi connectivity index (χ1v) is 5.39. The summed E-state index contributed by atoms with van der Waals surface area (Å²) >= 11 is 0. The van der Waals surface area contributed by atoms with E-state index in [0.717, 1.165) is 6.20 Å². The van der Waals surface area contributed by atoms with Gasteiger partial charge in [-0.2, -0.15) is 5.10 Å². The molecule has 0 aliphatic carbocycles. The van der Waals surface area contributed by atoms with E-state index in [1.54, 1.807) is 13.2 Å². The van der Waals surface area contributed by atoms with Gasteiger partial charge in [0, 0.05) is 13.3 Å². The van der Waals surface area contributed by atoms with Gasteiger partial charge in [-0.15, -0.1) is 0 Å². The minimum Gasteiger partial charge on any atom is -0.383 e. The number of rotatable bonds is 5. The third kappa shape index (κ3) is 2.60. The Morgan fingerprint density at radius 1 is 1.44 bits per heavy atom. The predicted octanol–water partition coefficient (Wildman–Crippen LogP) is 1.29. The zero-order valence-corrected chi connectivity index (χ0v) is 9.84. The molecule has 0 atom stereocenters. The number of hydrogen-bond donors (Lipinski definition) is 0. The van der Waals surface area contributed by atoms with E-state index in [0.29, 0.717) is 18.8 Å². The number of nitrogens with zero attached hydrogens (tertiary/aromatic N) is 3. The fraction of sp³-hybridized carbons (Fsp3) is 0.250. The number of pyridine rings is 1. The first kappa shape index (κ1) is 12.4. The predicted molar refractivity (Wildman–Crippen MR) is 61.7 cm³/mol. The number of carbonyl (C=O) groups is 1. The van der Waals surface area contributed by atoms with Gasteiger partial charge >= 0.3 is 0 Å². The smallest absolute Gasteiger partial charge is 0.229 e. The molecule has 5 nitrogen and oxygen atoms in total. The van der Waals surface area contributed by atoms with Gasteiger partial charge in [0.15, 0.2) is 0 Å². The fourth-order valence-corrected chi connectivity index (χ4v) is 1.52. The topological polar surface area (TPSA) is 57.0 Å². The van der Waals surface area contributed by atoms with Gasteiger partial charge in [-0.25, -0.2) is 9.37 Å². The van der Waals surface area contributed by atoms with Gasteiger partial charge < -0.3 is 4.74 Å². The molecule has 0 saturated heterocycles. The van der Waals surface area contributed by atoms with Crippen molar-refractivity contribution in [1.82, 2.24) is 14.8 Å². The summed E-state index contributed by atoms with van der Waals surface area (Å²) in [6, 6.07) is 4.16. The second kappa shape index (κ2) is 5.50. The highest BCUT2D eigenvalue weighted by Gasteiger charge is 2.15. The molecule has 2 heterocycles. The first-order chi connectivity index (χ1) is 8.72. The Kier molecular flexibility index (Phi) is 3.78. The SMILES string of the molecule is COCCn1nccc1C(=O)c1ccc(F)cn1. The Hall–Kier alpha value is -2.08. The fourth-order valence-electron chi connectivity index (χ4n) is 1.52. The highest BCUT2D eigenvalue weighted by Crippen LogP contribution is 2.08. The Labute approximate surface area is 103 Å². The van der Waals surface area contributed by atoms with Crippen molar-refractivity contribution in [2.45, 2.75) is 6.54 Å². The van der Waals surface area contributed by atoms with Crippen LogP contribution in [0.2, 0.25) is 0 Å². The molecule has 0 amide bonds. The summed E-state index contributed by atoms with van der Waals surface area (Å²) in [6.07, 6.45) is 2.55. The van der Waals surface area contributed by atoms with Crippen LogP contribution in [0.1, 0.15) is 16.2 Å². The van der Waals surface area contributed by atoms with Crippen LogP contribution >= 0.6 is 0 Å². The average Bonchev–Trinajstić information content (AvgIpc) is 2.84. The lowest BCUT2D eigenvalue weighted by molar-refractivity contribution is 0.102. The summed E-state index contributed by atoms with van der Waals surface area (Å²) in [5, 5.41) is 4.03. The maximum absolute atomic E-state index is 12.7. The molecule has 2 aromatic heterocycles. The van der Waals surface area contributed by atoms with Crippen molar-refractivity contribution >= 4 is 5.78 Å². The molecule has 94 valence electrons. The summed E-state index contributed by atoms with van der Waals surface area (Å²) in [5.74, 6) is -0.761. The van der Waals surface area contributed by atoms with Gasteiger partial charge in [-0.05, 0) is 18.2 Å². The lowest BCUT2D eigenvalue weighted by Crippen LogP contribution is -2.15. The molecule has 0 spiro atoms. The van der Waals surface area contributed by atoms with Crippen LogP contribution < -0.4 is 0 Å². The Bertz CT molecular complexity index is 537. The first-order valence-electron chi connectivity index (χ1n) is 5.39. The minimum absolute atomic E-state index is 0.190. The largest absolute Gasteiger partial charge is 0.383 e. The van der Waals surface area contributed by atoms with Crippen LogP contribution in [-0.4, -0.2) is 34.3 Å². The van der Waals surface area contributed by atoms with E-state index < -0.39 is 5.82 Å². The van der Waals surface area contributed by atoms with E-state index in [1.807, 2.05) is 0 Å². The van der Waals surface area contributed by atoms with E-state index in [-0.39, 0.29) is 11.5 Å². The highest BCUT2D eigenvalue weighted by molar-refractivity contribution is 6.06. The van der Waals surface area contributed by atoms with E-state index in [1.165, 1.54) is 23.0 Å². The summed E-state index contributed by atoms with van der Waals surface area (Å²) < 4.78 is 19.2. The number of halogens is 1. The molecule has 0 radical (unpaired) electrons. The Balaban J connectivity index is 2.23. The molecule has 0 saturated carbocycles. The Morgan fingerprint density at radius 3 is 2.94 bits per heavy atom. The molecule has 6 heteroatoms. The number of ether oxygens (including phenoxy) is 1. The van der Waals surface area contributed by atoms with E-state index >= 15 is 0 Å². The standard InChI is InChI=1S/C12H12FN3O2/c1-18-7-6-16-11(4-5-15-16)12(17)10-3-2-9(13)8-14-10/h2-5,8H,6-7H2,1H3. The molecule has 0 aliphatic rings. The molecular weight excluding hydrogens is 237 g/mol. The zero-order valence-electron chi connectivity index (χ0n) is 9.84. The highest BCUT2D eigenvalue weighted by atomic mass is 19.1. The van der Waals surface area contributed by atoms with Crippen molar-refractivity contribution in [1.29, 1.82) is 0 Å². The van der Waals surface area contributed by atoms with Crippen LogP contribution in [0, 0.1) is 5.82 Å². The minimum atomic E-state index is -0.473. The van der Waals surface area contributed by atoms with Gasteiger partial charge in [0.05, 0.1) is 19.3 Å². The molecule has 0 aliphatic heterocycles. The average molecular weight is 249 g/mol. The summed E-state index contributed by atoms with van der Waals surface area (Å²) in [4.78, 5) is 15.9. The van der Waals surface area contributed by atoms with Gasteiger partial charge in [0.1, 0.15) is 17.2 Å². The molecule has 2 aromatic rings. The molecule has 2 rings (SSSR count). The normalized spacial score (nSPS) is 10.6. The van der Waals surface area contributed by atoms with Crippen LogP contribution in [0.5, 0.6) is 0 Å². The van der Waals surface area contributed by atoms with Crippen molar-refractivity contribution in [3.63, 3.8) is 0 Å². The second-order valence-electron chi connectivity index (χ2n) is 3.62. The van der Waals surface area contributed by atoms with Crippen molar-refractivity contribution in [3.05, 3.63) is 47.8 Å². The number of methoxy groups -OCH3 is 1. The molecule has 18 heavy (non-hydrogen) atoms. The van der Waals surface area contributed by atoms with Crippen LogP contribution in [0.4, 0.5) is 4.39 Å². The summed E-state index contributed by atoms with van der Waals surface area (Å²) in [6.45, 7) is 0.935. The number of hydrogen-bond acceptors (Lipinski definition) is 4. The van der Waals surface area contributed by atoms with Crippen molar-refractivity contribution < 1.29 is 13.9 Å². The molecule has 0 unspecified atom stereocenters. The van der Waals surface area contributed by atoms with Crippen molar-refractivity contribution in [3.8, 4) is 0 Å². The molecule has 0 fully saturated rings. The van der Waals surface area contributed by atoms with Crippen molar-refractivity contribution in [2.75, 3.05) is 13.7 Å². The van der Waals surface area contributed by atoms with Crippen LogP contribution in [0.15, 0.2) is 30.6 Å². The second-order valence-corrected chi connectivity index (χ2v) is 3.62. The van der Waals surface area contributed by atoms with E-state index in [2.05, 4.69) is 10.1 Å². The third-order valence-electron chi connectivity index (χ3n) is 2.42. The number of aromatic nitrogens is 3. The van der Waals surface area contributed by atoms with Crippen molar-refractivity contribution in [2.24, 2.45) is 0 Å². The summed E-state index contributed by atoms with van der Waals surface area (Å²) in [7, 11) is 1.58. The number of ketones is 1.